The summed E-state index contributed by atoms with van der Waals surface area (Å²) in [5, 5.41) is 11.2. The van der Waals surface area contributed by atoms with Gasteiger partial charge in [-0.15, -0.1) is 0 Å². The summed E-state index contributed by atoms with van der Waals surface area (Å²) in [5.74, 6) is 1.57. The summed E-state index contributed by atoms with van der Waals surface area (Å²) in [7, 11) is 0. The monoisotopic (exact) mass is 550 g/mol. The van der Waals surface area contributed by atoms with Crippen molar-refractivity contribution >= 4 is 75.7 Å². The van der Waals surface area contributed by atoms with Crippen LogP contribution in [-0.4, -0.2) is 106 Å². The van der Waals surface area contributed by atoms with Gasteiger partial charge in [0, 0.05) is 78.3 Å². The van der Waals surface area contributed by atoms with E-state index in [1.807, 2.05) is 29.3 Å². The van der Waals surface area contributed by atoms with Crippen molar-refractivity contribution in [2.75, 3.05) is 42.6 Å². The normalized spacial score (nSPS) is 25.1. The first-order chi connectivity index (χ1) is 17.4. The molecule has 3 saturated heterocycles. The molecule has 3 aromatic heterocycles. The van der Waals surface area contributed by atoms with E-state index in [1.165, 1.54) is 11.8 Å². The maximum atomic E-state index is 9.87. The predicted molar refractivity (Wildman–Crippen MR) is 147 cm³/mol. The second-order valence-corrected chi connectivity index (χ2v) is 11.5. The summed E-state index contributed by atoms with van der Waals surface area (Å²) >= 11 is 8.16. The molecule has 3 fully saturated rings. The van der Waals surface area contributed by atoms with Gasteiger partial charge < -0.3 is 25.4 Å². The molecule has 0 amide bonds. The quantitative estimate of drug-likeness (QED) is 0.470. The number of nitrogens with zero attached hydrogens (tertiary/aromatic N) is 6. The summed E-state index contributed by atoms with van der Waals surface area (Å²) in [5.41, 5.74) is 7.91. The van der Waals surface area contributed by atoms with Gasteiger partial charge in [-0.2, -0.15) is 0 Å². The van der Waals surface area contributed by atoms with E-state index in [4.69, 9.17) is 32.0 Å². The number of aliphatic hydroxyl groups excluding tert-OH is 1. The van der Waals surface area contributed by atoms with Gasteiger partial charge in [0.25, 0.3) is 0 Å². The number of nitrogens with two attached hydrogens (primary N) is 1. The molecular weight excluding hydrogens is 521 g/mol. The average molecular weight is 551 g/mol. The largest absolute Gasteiger partial charge is 0.391 e. The van der Waals surface area contributed by atoms with Crippen LogP contribution in [0, 0.1) is 5.41 Å². The third-order valence-corrected chi connectivity index (χ3v) is 9.29. The molecule has 6 rings (SSSR count). The van der Waals surface area contributed by atoms with E-state index in [-0.39, 0.29) is 53.2 Å². The minimum atomic E-state index is -0.339. The number of rotatable bonds is 4. The van der Waals surface area contributed by atoms with Gasteiger partial charge in [-0.05, 0) is 44.4 Å². The van der Waals surface area contributed by atoms with E-state index < -0.39 is 0 Å². The van der Waals surface area contributed by atoms with Crippen LogP contribution in [0.4, 0.5) is 11.6 Å². The summed E-state index contributed by atoms with van der Waals surface area (Å²) < 4.78 is 5.85. The number of β-amino-alcohol motifs (C(OH)–C–C–N with tert-alkyl or cyclic N) is 1. The van der Waals surface area contributed by atoms with Gasteiger partial charge in [0.1, 0.15) is 22.2 Å². The van der Waals surface area contributed by atoms with E-state index in [1.54, 1.807) is 6.20 Å². The average Bonchev–Trinajstić information content (AvgIpc) is 3.44. The Morgan fingerprint density at radius 1 is 1.14 bits per heavy atom. The molecule has 3 atom stereocenters. The minimum absolute atomic E-state index is 0. The number of anilines is 2. The second kappa shape index (κ2) is 11.1. The third-order valence-electron chi connectivity index (χ3n) is 7.81. The van der Waals surface area contributed by atoms with E-state index in [0.29, 0.717) is 23.0 Å². The second-order valence-electron chi connectivity index (χ2n) is 10.0. The molecule has 1 unspecified atom stereocenters. The summed E-state index contributed by atoms with van der Waals surface area (Å²) in [4.78, 5) is 23.8. The Bertz CT molecular complexity index is 1280. The molecule has 37 heavy (non-hydrogen) atoms. The molecule has 6 heterocycles. The maximum Gasteiger partial charge on any atom is 0.179 e. The molecule has 3 N–H and O–H groups in total. The molecule has 3 aliphatic rings. The minimum Gasteiger partial charge on any atom is -0.391 e. The molecule has 12 heteroatoms. The molecule has 0 aromatic carbocycles. The Morgan fingerprint density at radius 2 is 1.95 bits per heavy atom. The van der Waals surface area contributed by atoms with Crippen molar-refractivity contribution in [3.05, 3.63) is 35.6 Å². The van der Waals surface area contributed by atoms with Crippen LogP contribution in [-0.2, 0) is 4.74 Å². The fourth-order valence-corrected chi connectivity index (χ4v) is 6.65. The standard InChI is InChI=1S/C25H30ClN7O2S.Na/c1-15-22(27)25(14-35-15)6-10-32(11-7-25)19-12-29-23-17(30-19)2-3-20(31-23)36-18-4-8-28-24(21(18)26)33-9-5-16(34)13-33;/h2-4,8,12,15-16,22,34H,5-7,9-11,13-14,27H2,1H3;/t15-,16?,22+;/m0./s1. The summed E-state index contributed by atoms with van der Waals surface area (Å²) in [6, 6.07) is 5.88. The van der Waals surface area contributed by atoms with Crippen LogP contribution in [0.2, 0.25) is 5.02 Å². The Kier molecular flexibility index (Phi) is 8.19. The van der Waals surface area contributed by atoms with Gasteiger partial charge in [-0.25, -0.2) is 19.9 Å². The van der Waals surface area contributed by atoms with Gasteiger partial charge in [0.05, 0.1) is 30.0 Å². The Hall–Kier alpha value is -1.24. The molecule has 0 aliphatic carbocycles. The Labute approximate surface area is 247 Å². The maximum absolute atomic E-state index is 9.87. The fraction of sp³-hybridized carbons (Fsp3) is 0.520. The number of pyridine rings is 2. The van der Waals surface area contributed by atoms with Gasteiger partial charge in [0.2, 0.25) is 0 Å². The van der Waals surface area contributed by atoms with Crippen molar-refractivity contribution in [3.8, 4) is 0 Å². The molecular formula is C25H30ClN7NaO2S. The molecule has 0 bridgehead atoms. The van der Waals surface area contributed by atoms with Crippen LogP contribution in [0.15, 0.2) is 40.5 Å². The molecule has 9 nitrogen and oxygen atoms in total. The number of ether oxygens (including phenoxy) is 1. The number of hydrogen-bond donors (Lipinski definition) is 2. The first kappa shape index (κ1) is 27.3. The number of aromatic nitrogens is 4. The first-order valence-corrected chi connectivity index (χ1v) is 13.6. The van der Waals surface area contributed by atoms with Gasteiger partial charge in [-0.3, -0.25) is 0 Å². The van der Waals surface area contributed by atoms with E-state index >= 15 is 0 Å². The zero-order valence-electron chi connectivity index (χ0n) is 21.2. The number of hydrogen-bond acceptors (Lipinski definition) is 10. The van der Waals surface area contributed by atoms with Crippen molar-refractivity contribution in [1.29, 1.82) is 0 Å². The topological polar surface area (TPSA) is 114 Å². The van der Waals surface area contributed by atoms with Crippen molar-refractivity contribution in [3.63, 3.8) is 0 Å². The van der Waals surface area contributed by atoms with Crippen molar-refractivity contribution < 1.29 is 9.84 Å². The first-order valence-electron chi connectivity index (χ1n) is 12.4. The van der Waals surface area contributed by atoms with Gasteiger partial charge in [-0.1, -0.05) is 23.4 Å². The van der Waals surface area contributed by atoms with Crippen molar-refractivity contribution in [1.82, 2.24) is 19.9 Å². The van der Waals surface area contributed by atoms with E-state index in [0.717, 1.165) is 66.8 Å². The van der Waals surface area contributed by atoms with E-state index in [9.17, 15) is 5.11 Å². The molecule has 0 saturated carbocycles. The molecule has 3 aromatic rings. The van der Waals surface area contributed by atoms with Crippen LogP contribution in [0.25, 0.3) is 11.2 Å². The predicted octanol–water partition coefficient (Wildman–Crippen LogP) is 2.75. The van der Waals surface area contributed by atoms with Crippen LogP contribution in [0.5, 0.6) is 0 Å². The number of aliphatic hydroxyl groups is 1. The van der Waals surface area contributed by atoms with E-state index in [2.05, 4.69) is 21.8 Å². The Balaban J connectivity index is 0.00000280. The van der Waals surface area contributed by atoms with Crippen LogP contribution >= 0.6 is 23.4 Å². The van der Waals surface area contributed by atoms with Crippen LogP contribution in [0.1, 0.15) is 26.2 Å². The Morgan fingerprint density at radius 3 is 2.65 bits per heavy atom. The van der Waals surface area contributed by atoms with Gasteiger partial charge >= 0.3 is 0 Å². The SMILES string of the molecule is C[C@@H]1OCC2(CCN(c3cnc4nc(Sc5ccnc(N6CCC(O)C6)c5Cl)ccc4n3)CC2)[C@@H]1N.[Na]. The van der Waals surface area contributed by atoms with Crippen molar-refractivity contribution in [2.24, 2.45) is 11.1 Å². The number of piperidine rings is 1. The number of halogens is 1. The van der Waals surface area contributed by atoms with Crippen LogP contribution in [0.3, 0.4) is 0 Å². The third kappa shape index (κ3) is 5.32. The van der Waals surface area contributed by atoms with Crippen molar-refractivity contribution in [2.45, 2.75) is 54.4 Å². The molecule has 1 radical (unpaired) electrons. The molecule has 3 aliphatic heterocycles. The molecule has 1 spiro atoms. The smallest absolute Gasteiger partial charge is 0.179 e. The number of fused-ring (bicyclic) bond motifs is 1. The molecule has 191 valence electrons. The fourth-order valence-electron chi connectivity index (χ4n) is 5.50. The summed E-state index contributed by atoms with van der Waals surface area (Å²) in [6.45, 7) is 5.89. The zero-order valence-corrected chi connectivity index (χ0v) is 24.8. The zero-order chi connectivity index (χ0) is 24.9. The van der Waals surface area contributed by atoms with Gasteiger partial charge in [0.15, 0.2) is 5.65 Å². The summed E-state index contributed by atoms with van der Waals surface area (Å²) in [6.07, 6.45) is 6.06. The van der Waals surface area contributed by atoms with Crippen LogP contribution < -0.4 is 15.5 Å².